The third-order valence-electron chi connectivity index (χ3n) is 5.86. The first-order chi connectivity index (χ1) is 15.3. The van der Waals surface area contributed by atoms with Crippen molar-refractivity contribution in [3.05, 3.63) is 77.2 Å². The summed E-state index contributed by atoms with van der Waals surface area (Å²) in [5.74, 6) is 1.63. The second kappa shape index (κ2) is 9.14. The van der Waals surface area contributed by atoms with Crippen LogP contribution < -0.4 is 5.32 Å². The number of hydrogen-bond acceptors (Lipinski definition) is 6. The van der Waals surface area contributed by atoms with Gasteiger partial charge in [-0.3, -0.25) is 4.90 Å². The molecule has 1 saturated heterocycles. The van der Waals surface area contributed by atoms with E-state index in [0.717, 1.165) is 59.9 Å². The number of hydrogen-bond donors (Lipinski definition) is 2. The fourth-order valence-electron chi connectivity index (χ4n) is 4.11. The van der Waals surface area contributed by atoms with Crippen molar-refractivity contribution in [1.82, 2.24) is 14.9 Å². The molecule has 0 unspecified atom stereocenters. The Morgan fingerprint density at radius 2 is 1.71 bits per heavy atom. The summed E-state index contributed by atoms with van der Waals surface area (Å²) in [6, 6.07) is 20.8. The van der Waals surface area contributed by atoms with Crippen molar-refractivity contribution in [2.45, 2.75) is 32.0 Å². The largest absolute Gasteiger partial charge is 0.393 e. The van der Waals surface area contributed by atoms with Crippen LogP contribution in [0.2, 0.25) is 0 Å². The molecule has 0 atom stereocenters. The van der Waals surface area contributed by atoms with Crippen LogP contribution in [0.15, 0.2) is 66.0 Å². The number of thiophene rings is 1. The molecule has 2 aromatic heterocycles. The molecule has 31 heavy (non-hydrogen) atoms. The Bertz CT molecular complexity index is 1150. The van der Waals surface area contributed by atoms with Crippen LogP contribution in [0.5, 0.6) is 0 Å². The van der Waals surface area contributed by atoms with E-state index in [1.54, 1.807) is 11.3 Å². The van der Waals surface area contributed by atoms with Crippen molar-refractivity contribution in [1.29, 1.82) is 0 Å². The minimum Gasteiger partial charge on any atom is -0.393 e. The van der Waals surface area contributed by atoms with Crippen molar-refractivity contribution in [2.24, 2.45) is 0 Å². The number of benzene rings is 2. The van der Waals surface area contributed by atoms with Crippen molar-refractivity contribution in [2.75, 3.05) is 18.4 Å². The lowest BCUT2D eigenvalue weighted by Crippen LogP contribution is -2.35. The van der Waals surface area contributed by atoms with Crippen molar-refractivity contribution in [3.63, 3.8) is 0 Å². The summed E-state index contributed by atoms with van der Waals surface area (Å²) in [5.41, 5.74) is 3.54. The Morgan fingerprint density at radius 3 is 2.52 bits per heavy atom. The zero-order chi connectivity index (χ0) is 21.0. The number of nitrogens with one attached hydrogen (secondary N) is 1. The van der Waals surface area contributed by atoms with Gasteiger partial charge in [-0.15, -0.1) is 11.3 Å². The maximum Gasteiger partial charge on any atom is 0.172 e. The zero-order valence-corrected chi connectivity index (χ0v) is 18.2. The lowest BCUT2D eigenvalue weighted by molar-refractivity contribution is 0.0791. The summed E-state index contributed by atoms with van der Waals surface area (Å²) < 4.78 is 0. The molecule has 0 saturated carbocycles. The normalized spacial score (nSPS) is 15.4. The van der Waals surface area contributed by atoms with E-state index >= 15 is 0 Å². The maximum atomic E-state index is 9.79. The van der Waals surface area contributed by atoms with Gasteiger partial charge in [-0.05, 0) is 47.5 Å². The molecule has 5 nitrogen and oxygen atoms in total. The summed E-state index contributed by atoms with van der Waals surface area (Å²) in [7, 11) is 0. The van der Waals surface area contributed by atoms with Gasteiger partial charge in [-0.25, -0.2) is 9.97 Å². The highest BCUT2D eigenvalue weighted by molar-refractivity contribution is 7.13. The van der Waals surface area contributed by atoms with Crippen LogP contribution in [0.3, 0.4) is 0 Å². The number of aromatic nitrogens is 2. The fourth-order valence-corrected chi connectivity index (χ4v) is 4.77. The molecule has 3 heterocycles. The molecule has 1 fully saturated rings. The molecule has 0 bridgehead atoms. The van der Waals surface area contributed by atoms with Crippen LogP contribution >= 0.6 is 11.3 Å². The summed E-state index contributed by atoms with van der Waals surface area (Å²) in [6.45, 7) is 3.51. The van der Waals surface area contributed by atoms with E-state index < -0.39 is 0 Å². The first-order valence-electron chi connectivity index (χ1n) is 10.8. The molecule has 0 amide bonds. The van der Waals surface area contributed by atoms with E-state index in [0.29, 0.717) is 6.54 Å². The highest BCUT2D eigenvalue weighted by Crippen LogP contribution is 2.28. The summed E-state index contributed by atoms with van der Waals surface area (Å²) in [4.78, 5) is 13.1. The summed E-state index contributed by atoms with van der Waals surface area (Å²) in [5, 5.41) is 16.5. The third kappa shape index (κ3) is 4.61. The Morgan fingerprint density at radius 1 is 0.935 bits per heavy atom. The minimum atomic E-state index is -0.142. The molecule has 1 aliphatic heterocycles. The highest BCUT2D eigenvalue weighted by atomic mass is 32.1. The number of fused-ring (bicyclic) bond motifs is 1. The van der Waals surface area contributed by atoms with E-state index in [-0.39, 0.29) is 6.10 Å². The molecule has 0 aliphatic carbocycles. The van der Waals surface area contributed by atoms with Gasteiger partial charge in [-0.2, -0.15) is 0 Å². The number of piperidine rings is 1. The van der Waals surface area contributed by atoms with Crippen molar-refractivity contribution < 1.29 is 5.11 Å². The number of aliphatic hydroxyl groups excluding tert-OH is 1. The van der Waals surface area contributed by atoms with Gasteiger partial charge in [0.15, 0.2) is 5.82 Å². The number of rotatable bonds is 6. The predicted molar refractivity (Wildman–Crippen MR) is 127 cm³/mol. The first kappa shape index (κ1) is 20.1. The predicted octanol–water partition coefficient (Wildman–Crippen LogP) is 4.93. The summed E-state index contributed by atoms with van der Waals surface area (Å²) in [6.07, 6.45) is 1.58. The van der Waals surface area contributed by atoms with Gasteiger partial charge in [-0.1, -0.05) is 42.5 Å². The lowest BCUT2D eigenvalue weighted by Gasteiger charge is -2.30. The number of nitrogens with zero attached hydrogens (tertiary/aromatic N) is 3. The van der Waals surface area contributed by atoms with E-state index in [4.69, 9.17) is 9.97 Å². The van der Waals surface area contributed by atoms with Crippen molar-refractivity contribution in [3.8, 4) is 10.7 Å². The molecule has 1 aliphatic rings. The van der Waals surface area contributed by atoms with Gasteiger partial charge in [0.2, 0.25) is 0 Å². The van der Waals surface area contributed by atoms with E-state index in [2.05, 4.69) is 52.0 Å². The molecule has 5 rings (SSSR count). The van der Waals surface area contributed by atoms with Gasteiger partial charge in [0.25, 0.3) is 0 Å². The smallest absolute Gasteiger partial charge is 0.172 e. The van der Waals surface area contributed by atoms with Crippen molar-refractivity contribution >= 4 is 28.1 Å². The van der Waals surface area contributed by atoms with Crippen LogP contribution in [0.4, 0.5) is 5.82 Å². The molecular weight excluding hydrogens is 404 g/mol. The van der Waals surface area contributed by atoms with E-state index in [1.165, 1.54) is 11.1 Å². The van der Waals surface area contributed by atoms with Gasteiger partial charge in [0.1, 0.15) is 5.82 Å². The fraction of sp³-hybridized carbons (Fsp3) is 0.280. The van der Waals surface area contributed by atoms with E-state index in [9.17, 15) is 5.11 Å². The van der Waals surface area contributed by atoms with Gasteiger partial charge < -0.3 is 10.4 Å². The number of para-hydroxylation sites is 1. The minimum absolute atomic E-state index is 0.142. The Labute approximate surface area is 186 Å². The lowest BCUT2D eigenvalue weighted by atomic mass is 10.0. The quantitative estimate of drug-likeness (QED) is 0.454. The zero-order valence-electron chi connectivity index (χ0n) is 17.4. The van der Waals surface area contributed by atoms with Gasteiger partial charge in [0.05, 0.1) is 16.5 Å². The van der Waals surface area contributed by atoms with Crippen LogP contribution in [-0.2, 0) is 13.1 Å². The highest BCUT2D eigenvalue weighted by Gasteiger charge is 2.18. The molecule has 0 spiro atoms. The molecule has 2 aromatic carbocycles. The molecule has 158 valence electrons. The topological polar surface area (TPSA) is 61.3 Å². The Hall–Kier alpha value is -2.80. The second-order valence-electron chi connectivity index (χ2n) is 8.02. The SMILES string of the molecule is OC1CCN(Cc2ccccc2CNc2nc(-c3cccs3)nc3ccccc23)CC1. The molecule has 4 aromatic rings. The van der Waals surface area contributed by atoms with Crippen LogP contribution in [0.25, 0.3) is 21.6 Å². The van der Waals surface area contributed by atoms with Crippen LogP contribution in [0, 0.1) is 0 Å². The average molecular weight is 431 g/mol. The Kier molecular flexibility index (Phi) is 5.93. The Balaban J connectivity index is 1.39. The maximum absolute atomic E-state index is 9.79. The van der Waals surface area contributed by atoms with E-state index in [1.807, 2.05) is 24.3 Å². The molecular formula is C25H26N4OS. The number of anilines is 1. The molecule has 6 heteroatoms. The molecule has 2 N–H and O–H groups in total. The van der Waals surface area contributed by atoms with Gasteiger partial charge >= 0.3 is 0 Å². The van der Waals surface area contributed by atoms with Crippen LogP contribution in [-0.4, -0.2) is 39.2 Å². The molecule has 0 radical (unpaired) electrons. The number of likely N-dealkylation sites (tertiary alicyclic amines) is 1. The standard InChI is InChI=1S/C25H26N4OS/c30-20-11-13-29(14-12-20)17-19-7-2-1-6-18(19)16-26-24-21-8-3-4-9-22(21)27-25(28-24)23-10-5-15-31-23/h1-10,15,20,30H,11-14,16-17H2,(H,26,27,28). The first-order valence-corrected chi connectivity index (χ1v) is 11.7. The third-order valence-corrected chi connectivity index (χ3v) is 6.73. The summed E-state index contributed by atoms with van der Waals surface area (Å²) >= 11 is 1.65. The van der Waals surface area contributed by atoms with Crippen LogP contribution in [0.1, 0.15) is 24.0 Å². The number of aliphatic hydroxyl groups is 1. The monoisotopic (exact) mass is 430 g/mol. The average Bonchev–Trinajstić information content (AvgIpc) is 3.35. The van der Waals surface area contributed by atoms with Gasteiger partial charge in [0, 0.05) is 31.6 Å². The second-order valence-corrected chi connectivity index (χ2v) is 8.97.